The van der Waals surface area contributed by atoms with Gasteiger partial charge in [-0.15, -0.1) is 0 Å². The van der Waals surface area contributed by atoms with Crippen LogP contribution in [0.5, 0.6) is 0 Å². The number of aromatic amines is 2. The maximum absolute atomic E-state index is 12.7. The van der Waals surface area contributed by atoms with E-state index in [-0.39, 0.29) is 5.91 Å². The molecule has 0 bridgehead atoms. The van der Waals surface area contributed by atoms with Crippen molar-refractivity contribution in [1.29, 1.82) is 0 Å². The van der Waals surface area contributed by atoms with Crippen molar-refractivity contribution in [3.05, 3.63) is 85.5 Å². The number of carbonyl (C=O) groups is 1. The van der Waals surface area contributed by atoms with E-state index < -0.39 is 0 Å². The number of nitrogens with zero attached hydrogens (tertiary/aromatic N) is 3. The number of H-pyrrole nitrogens is 2. The monoisotopic (exact) mass is 527 g/mol. The van der Waals surface area contributed by atoms with Gasteiger partial charge in [0.05, 0.1) is 23.1 Å². The maximum Gasteiger partial charge on any atom is 0.224 e. The van der Waals surface area contributed by atoms with Crippen molar-refractivity contribution >= 4 is 33.4 Å². The zero-order chi connectivity index (χ0) is 26.9. The van der Waals surface area contributed by atoms with Crippen LogP contribution in [0.2, 0.25) is 0 Å². The van der Waals surface area contributed by atoms with Crippen LogP contribution in [-0.4, -0.2) is 44.1 Å². The molecule has 0 saturated carbocycles. The van der Waals surface area contributed by atoms with Crippen molar-refractivity contribution in [2.45, 2.75) is 19.3 Å². The number of nitrogens with one attached hydrogen (secondary N) is 4. The van der Waals surface area contributed by atoms with Crippen LogP contribution >= 0.6 is 0 Å². The molecule has 0 unspecified atom stereocenters. The summed E-state index contributed by atoms with van der Waals surface area (Å²) < 4.78 is 0. The van der Waals surface area contributed by atoms with Crippen LogP contribution < -0.4 is 10.6 Å². The molecule has 1 amide bonds. The standard InChI is InChI=1S/C32H29N7O/c40-31(14-20-6-10-33-11-7-20)36-24-15-23(18-35-19-24)22-4-5-29-27(16-22)32(39-38-29)30-17-26-25(2-1-3-28(26)37-30)21-8-12-34-13-9-21/h1-5,8-9,12-13,15-20,33,37H,6-7,10-11,14H2,(H,36,40)(H,38,39). The van der Waals surface area contributed by atoms with E-state index in [2.05, 4.69) is 72.2 Å². The molecule has 0 atom stereocenters. The predicted octanol–water partition coefficient (Wildman–Crippen LogP) is 6.16. The average Bonchev–Trinajstić information content (AvgIpc) is 3.62. The van der Waals surface area contributed by atoms with Gasteiger partial charge in [0.25, 0.3) is 0 Å². The molecule has 0 radical (unpaired) electrons. The first-order chi connectivity index (χ1) is 19.7. The largest absolute Gasteiger partial charge is 0.353 e. The summed E-state index contributed by atoms with van der Waals surface area (Å²) in [5, 5.41) is 16.4. The second kappa shape index (κ2) is 10.4. The van der Waals surface area contributed by atoms with Crippen LogP contribution in [0, 0.1) is 5.92 Å². The van der Waals surface area contributed by atoms with Crippen molar-refractivity contribution < 1.29 is 4.79 Å². The van der Waals surface area contributed by atoms with Gasteiger partial charge in [-0.1, -0.05) is 18.2 Å². The number of rotatable bonds is 6. The van der Waals surface area contributed by atoms with Crippen LogP contribution in [0.4, 0.5) is 5.69 Å². The molecular formula is C32H29N7O. The van der Waals surface area contributed by atoms with Gasteiger partial charge in [0.2, 0.25) is 5.91 Å². The topological polar surface area (TPSA) is 111 Å². The molecule has 4 N–H and O–H groups in total. The SMILES string of the molecule is O=C(CC1CCNCC1)Nc1cncc(-c2ccc3[nH]nc(-c4cc5c(-c6ccncc6)cccc5[nH]4)c3c2)c1. The van der Waals surface area contributed by atoms with Crippen LogP contribution in [0.15, 0.2) is 85.5 Å². The molecule has 4 aromatic heterocycles. The molecule has 1 aliphatic heterocycles. The number of amides is 1. The third-order valence-electron chi connectivity index (χ3n) is 7.76. The lowest BCUT2D eigenvalue weighted by molar-refractivity contribution is -0.117. The predicted molar refractivity (Wildman–Crippen MR) is 159 cm³/mol. The first-order valence-electron chi connectivity index (χ1n) is 13.7. The van der Waals surface area contributed by atoms with E-state index in [1.165, 1.54) is 0 Å². The van der Waals surface area contributed by atoms with E-state index in [9.17, 15) is 4.79 Å². The highest BCUT2D eigenvalue weighted by Crippen LogP contribution is 2.35. The summed E-state index contributed by atoms with van der Waals surface area (Å²) in [7, 11) is 0. The lowest BCUT2D eigenvalue weighted by Crippen LogP contribution is -2.30. The average molecular weight is 528 g/mol. The summed E-state index contributed by atoms with van der Waals surface area (Å²) in [5.74, 6) is 0.480. The van der Waals surface area contributed by atoms with Crippen molar-refractivity contribution in [3.63, 3.8) is 0 Å². The Morgan fingerprint density at radius 3 is 2.60 bits per heavy atom. The van der Waals surface area contributed by atoms with Crippen LogP contribution in [0.25, 0.3) is 55.4 Å². The van der Waals surface area contributed by atoms with E-state index in [1.807, 2.05) is 42.9 Å². The van der Waals surface area contributed by atoms with E-state index in [0.717, 1.165) is 81.4 Å². The molecule has 7 rings (SSSR count). The molecular weight excluding hydrogens is 498 g/mol. The number of hydrogen-bond acceptors (Lipinski definition) is 5. The number of pyridine rings is 2. The highest BCUT2D eigenvalue weighted by atomic mass is 16.1. The summed E-state index contributed by atoms with van der Waals surface area (Å²) in [6.45, 7) is 1.97. The first-order valence-corrected chi connectivity index (χ1v) is 13.7. The summed E-state index contributed by atoms with van der Waals surface area (Å²) >= 11 is 0. The minimum atomic E-state index is 0.0448. The number of aromatic nitrogens is 5. The zero-order valence-corrected chi connectivity index (χ0v) is 21.9. The smallest absolute Gasteiger partial charge is 0.224 e. The highest BCUT2D eigenvalue weighted by Gasteiger charge is 2.18. The van der Waals surface area contributed by atoms with Gasteiger partial charge in [-0.2, -0.15) is 5.10 Å². The summed E-state index contributed by atoms with van der Waals surface area (Å²) in [6, 6.07) is 20.7. The van der Waals surface area contributed by atoms with E-state index in [1.54, 1.807) is 6.20 Å². The van der Waals surface area contributed by atoms with Crippen LogP contribution in [0.1, 0.15) is 19.3 Å². The zero-order valence-electron chi connectivity index (χ0n) is 21.9. The summed E-state index contributed by atoms with van der Waals surface area (Å²) in [4.78, 5) is 24.8. The minimum absolute atomic E-state index is 0.0448. The Morgan fingerprint density at radius 1 is 0.850 bits per heavy atom. The quantitative estimate of drug-likeness (QED) is 0.207. The fourth-order valence-electron chi connectivity index (χ4n) is 5.69. The van der Waals surface area contributed by atoms with Gasteiger partial charge in [0, 0.05) is 46.9 Å². The van der Waals surface area contributed by atoms with Gasteiger partial charge in [-0.3, -0.25) is 19.9 Å². The fraction of sp³-hybridized carbons (Fsp3) is 0.188. The molecule has 2 aromatic carbocycles. The number of carbonyl (C=O) groups excluding carboxylic acids is 1. The molecule has 0 spiro atoms. The molecule has 1 aliphatic rings. The Bertz CT molecular complexity index is 1820. The Kier molecular flexibility index (Phi) is 6.30. The molecule has 198 valence electrons. The third-order valence-corrected chi connectivity index (χ3v) is 7.76. The first kappa shape index (κ1) is 24.2. The number of benzene rings is 2. The van der Waals surface area contributed by atoms with E-state index in [4.69, 9.17) is 0 Å². The fourth-order valence-corrected chi connectivity index (χ4v) is 5.69. The van der Waals surface area contributed by atoms with E-state index >= 15 is 0 Å². The van der Waals surface area contributed by atoms with Gasteiger partial charge < -0.3 is 15.6 Å². The highest BCUT2D eigenvalue weighted by molar-refractivity contribution is 6.02. The molecule has 1 saturated heterocycles. The van der Waals surface area contributed by atoms with Crippen LogP contribution in [0.3, 0.4) is 0 Å². The Balaban J connectivity index is 1.19. The Labute approximate surface area is 231 Å². The molecule has 1 fully saturated rings. The van der Waals surface area contributed by atoms with Crippen molar-refractivity contribution in [2.24, 2.45) is 5.92 Å². The van der Waals surface area contributed by atoms with Gasteiger partial charge in [0.1, 0.15) is 5.69 Å². The molecule has 0 aliphatic carbocycles. The second-order valence-corrected chi connectivity index (χ2v) is 10.4. The molecule has 5 heterocycles. The second-order valence-electron chi connectivity index (χ2n) is 10.4. The van der Waals surface area contributed by atoms with Crippen molar-refractivity contribution in [3.8, 4) is 33.6 Å². The number of fused-ring (bicyclic) bond motifs is 2. The Morgan fingerprint density at radius 2 is 1.73 bits per heavy atom. The third kappa shape index (κ3) is 4.74. The molecule has 40 heavy (non-hydrogen) atoms. The van der Waals surface area contributed by atoms with Gasteiger partial charge in [-0.05, 0) is 91.0 Å². The lowest BCUT2D eigenvalue weighted by atomic mass is 9.94. The van der Waals surface area contributed by atoms with Crippen molar-refractivity contribution in [2.75, 3.05) is 18.4 Å². The van der Waals surface area contributed by atoms with Gasteiger partial charge in [0.15, 0.2) is 0 Å². The lowest BCUT2D eigenvalue weighted by Gasteiger charge is -2.21. The Hall–Kier alpha value is -4.82. The van der Waals surface area contributed by atoms with Gasteiger partial charge >= 0.3 is 0 Å². The molecule has 8 heteroatoms. The summed E-state index contributed by atoms with van der Waals surface area (Å²) in [6.07, 6.45) is 9.79. The van der Waals surface area contributed by atoms with E-state index in [0.29, 0.717) is 18.0 Å². The summed E-state index contributed by atoms with van der Waals surface area (Å²) in [5.41, 5.74) is 8.72. The molecule has 6 aromatic rings. The minimum Gasteiger partial charge on any atom is -0.353 e. The van der Waals surface area contributed by atoms with Gasteiger partial charge in [-0.25, -0.2) is 0 Å². The molecule has 8 nitrogen and oxygen atoms in total. The number of hydrogen-bond donors (Lipinski definition) is 4. The normalized spacial score (nSPS) is 14.1. The van der Waals surface area contributed by atoms with Crippen molar-refractivity contribution in [1.82, 2.24) is 30.5 Å². The number of anilines is 1. The van der Waals surface area contributed by atoms with Crippen LogP contribution in [-0.2, 0) is 4.79 Å². The maximum atomic E-state index is 12.7. The number of piperidine rings is 1.